The lowest BCUT2D eigenvalue weighted by Gasteiger charge is -2.25. The quantitative estimate of drug-likeness (QED) is 0.0630. The molecule has 5 N–H and O–H groups in total. The first kappa shape index (κ1) is 26.1. The van der Waals surface area contributed by atoms with Crippen LogP contribution in [-0.4, -0.2) is 31.5 Å². The molecule has 222 valence electrons. The molecule has 0 amide bonds. The Morgan fingerprint density at radius 2 is 0.870 bits per heavy atom. The van der Waals surface area contributed by atoms with Gasteiger partial charge in [0, 0.05) is 55.2 Å². The maximum Gasteiger partial charge on any atom is 0.343 e. The molecule has 0 spiro atoms. The first-order valence-corrected chi connectivity index (χ1v) is 14.4. The minimum atomic E-state index is -0.785. The van der Waals surface area contributed by atoms with Crippen LogP contribution < -0.4 is 15.6 Å². The minimum absolute atomic E-state index is 0.00109. The zero-order chi connectivity index (χ0) is 32.1. The highest BCUT2D eigenvalue weighted by atomic mass is 16.5. The second-order valence-electron chi connectivity index (χ2n) is 11.9. The van der Waals surface area contributed by atoms with Crippen LogP contribution in [-0.2, 0) is 0 Å². The minimum Gasteiger partial charge on any atom is -0.507 e. The van der Waals surface area contributed by atoms with Crippen LogP contribution in [0.4, 0.5) is 0 Å². The fourth-order valence-corrected chi connectivity index (χ4v) is 7.78. The average molecular weight is 609 g/mol. The van der Waals surface area contributed by atoms with Crippen molar-refractivity contribution in [3.05, 3.63) is 91.7 Å². The van der Waals surface area contributed by atoms with Crippen molar-refractivity contribution in [1.29, 1.82) is 0 Å². The molecule has 9 aromatic carbocycles. The van der Waals surface area contributed by atoms with Crippen LogP contribution in [0.15, 0.2) is 64.2 Å². The van der Waals surface area contributed by atoms with E-state index in [-0.39, 0.29) is 65.9 Å². The van der Waals surface area contributed by atoms with Gasteiger partial charge in [-0.3, -0.25) is 9.59 Å². The van der Waals surface area contributed by atoms with Gasteiger partial charge >= 0.3 is 5.97 Å². The highest BCUT2D eigenvalue weighted by Crippen LogP contribution is 2.57. The molecule has 0 aromatic heterocycles. The van der Waals surface area contributed by atoms with Gasteiger partial charge in [-0.15, -0.1) is 0 Å². The Kier molecular flexibility index (Phi) is 4.66. The molecule has 9 rings (SSSR count). The first-order valence-electron chi connectivity index (χ1n) is 14.4. The molecule has 0 atom stereocenters. The molecule has 0 fully saturated rings. The highest BCUT2D eigenvalue weighted by molar-refractivity contribution is 6.51. The predicted molar refractivity (Wildman–Crippen MR) is 175 cm³/mol. The second kappa shape index (κ2) is 8.22. The second-order valence-corrected chi connectivity index (χ2v) is 11.9. The molecule has 0 radical (unpaired) electrons. The normalized spacial score (nSPS) is 12.4. The van der Waals surface area contributed by atoms with Crippen LogP contribution in [0.3, 0.4) is 0 Å². The van der Waals surface area contributed by atoms with E-state index in [1.165, 1.54) is 24.3 Å². The summed E-state index contributed by atoms with van der Waals surface area (Å²) in [6.45, 7) is 3.50. The summed E-state index contributed by atoms with van der Waals surface area (Å²) >= 11 is 0. The number of carbonyl (C=O) groups excluding carboxylic acids is 1. The largest absolute Gasteiger partial charge is 0.507 e. The summed E-state index contributed by atoms with van der Waals surface area (Å²) in [6, 6.07) is 13.1. The number of phenolic OH excluding ortho intramolecular Hbond substituents is 5. The summed E-state index contributed by atoms with van der Waals surface area (Å²) in [5.74, 6) is -3.18. The topological polar surface area (TPSA) is 162 Å². The highest BCUT2D eigenvalue weighted by Gasteiger charge is 2.33. The number of rotatable bonds is 2. The summed E-state index contributed by atoms with van der Waals surface area (Å²) in [7, 11) is 0. The Labute approximate surface area is 256 Å². The number of ether oxygens (including phenoxy) is 1. The number of hydrogen-bond donors (Lipinski definition) is 5. The zero-order valence-electron chi connectivity index (χ0n) is 24.1. The van der Waals surface area contributed by atoms with E-state index in [1.807, 2.05) is 0 Å². The van der Waals surface area contributed by atoms with Gasteiger partial charge in [0.25, 0.3) is 0 Å². The van der Waals surface area contributed by atoms with Gasteiger partial charge in [0.05, 0.1) is 27.1 Å². The fourth-order valence-electron chi connectivity index (χ4n) is 7.78. The Morgan fingerprint density at radius 3 is 1.39 bits per heavy atom. The van der Waals surface area contributed by atoms with Crippen molar-refractivity contribution in [3.8, 4) is 34.5 Å². The van der Waals surface area contributed by atoms with Gasteiger partial charge in [-0.1, -0.05) is 18.2 Å². The molecule has 0 saturated carbocycles. The number of aromatic hydroxyl groups is 5. The smallest absolute Gasteiger partial charge is 0.343 e. The summed E-state index contributed by atoms with van der Waals surface area (Å²) in [5.41, 5.74) is -0.0271. The lowest BCUT2D eigenvalue weighted by molar-refractivity contribution is 0.0737. The van der Waals surface area contributed by atoms with Gasteiger partial charge in [0.2, 0.25) is 10.9 Å². The van der Waals surface area contributed by atoms with Crippen molar-refractivity contribution in [2.75, 3.05) is 0 Å². The lowest BCUT2D eigenvalue weighted by atomic mass is 9.78. The monoisotopic (exact) mass is 608 g/mol. The first-order chi connectivity index (χ1) is 22.0. The Morgan fingerprint density at radius 1 is 0.478 bits per heavy atom. The van der Waals surface area contributed by atoms with Gasteiger partial charge in [0.1, 0.15) is 34.5 Å². The average Bonchev–Trinajstić information content (AvgIpc) is 3.00. The number of aryl methyl sites for hydroxylation is 2. The van der Waals surface area contributed by atoms with Crippen LogP contribution in [0.5, 0.6) is 34.5 Å². The van der Waals surface area contributed by atoms with E-state index in [9.17, 15) is 39.9 Å². The number of hydrogen-bond acceptors (Lipinski definition) is 9. The Bertz CT molecular complexity index is 2950. The van der Waals surface area contributed by atoms with Gasteiger partial charge in [-0.05, 0) is 60.0 Å². The molecule has 9 heteroatoms. The number of phenols is 5. The van der Waals surface area contributed by atoms with Crippen molar-refractivity contribution in [2.24, 2.45) is 0 Å². The third-order valence-corrected chi connectivity index (χ3v) is 9.43. The maximum atomic E-state index is 14.3. The molecule has 9 aromatic rings. The summed E-state index contributed by atoms with van der Waals surface area (Å²) in [6.07, 6.45) is 0. The van der Waals surface area contributed by atoms with Gasteiger partial charge in [-0.25, -0.2) is 4.79 Å². The van der Waals surface area contributed by atoms with Crippen LogP contribution in [0.25, 0.3) is 75.4 Å². The van der Waals surface area contributed by atoms with E-state index >= 15 is 0 Å². The van der Waals surface area contributed by atoms with E-state index in [2.05, 4.69) is 0 Å². The Balaban J connectivity index is 1.70. The van der Waals surface area contributed by atoms with Crippen molar-refractivity contribution in [3.63, 3.8) is 0 Å². The van der Waals surface area contributed by atoms with Gasteiger partial charge in [-0.2, -0.15) is 0 Å². The van der Waals surface area contributed by atoms with Crippen molar-refractivity contribution < 1.29 is 35.1 Å². The molecule has 9 nitrogen and oxygen atoms in total. The summed E-state index contributed by atoms with van der Waals surface area (Å²) in [4.78, 5) is 41.9. The number of esters is 1. The molecule has 0 aliphatic heterocycles. The maximum absolute atomic E-state index is 14.3. The van der Waals surface area contributed by atoms with Gasteiger partial charge in [0.15, 0.2) is 0 Å². The number of benzene rings is 9. The van der Waals surface area contributed by atoms with E-state index in [0.717, 1.165) is 12.1 Å². The molecule has 0 aliphatic rings. The molecule has 0 bridgehead atoms. The third kappa shape index (κ3) is 2.83. The van der Waals surface area contributed by atoms with E-state index in [1.54, 1.807) is 32.0 Å². The number of carbonyl (C=O) groups is 1. The van der Waals surface area contributed by atoms with Gasteiger partial charge < -0.3 is 30.3 Å². The van der Waals surface area contributed by atoms with E-state index < -0.39 is 34.1 Å². The predicted octanol–water partition coefficient (Wildman–Crippen LogP) is 6.59. The van der Waals surface area contributed by atoms with Crippen LogP contribution >= 0.6 is 0 Å². The van der Waals surface area contributed by atoms with E-state index in [4.69, 9.17) is 4.74 Å². The number of fused-ring (bicyclic) bond motifs is 2. The van der Waals surface area contributed by atoms with Crippen molar-refractivity contribution in [2.45, 2.75) is 13.8 Å². The molecular formula is C37H20O9. The summed E-state index contributed by atoms with van der Waals surface area (Å²) in [5, 5.41) is 58.7. The molecule has 0 aliphatic carbocycles. The molecular weight excluding hydrogens is 588 g/mol. The third-order valence-electron chi connectivity index (χ3n) is 9.43. The molecule has 0 unspecified atom stereocenters. The standard InChI is InChI=1S/C37H20O9/c1-12-8-15(38)24-29-21(12)22-13(2)9-16(39)25-30(22)34-32-27(36(25)44)19(42)11-20(46-37(45)14-6-4-3-5-7-14)28(32)23-17(40)10-18(41)26(35(24)43)31(23)33(29)34/h3-11,38-42H,1-2H3. The van der Waals surface area contributed by atoms with Crippen LogP contribution in [0.2, 0.25) is 0 Å². The fraction of sp³-hybridized carbons (Fsp3) is 0.0541. The molecule has 0 saturated heterocycles. The van der Waals surface area contributed by atoms with Crippen molar-refractivity contribution >= 4 is 81.4 Å². The van der Waals surface area contributed by atoms with Crippen molar-refractivity contribution in [1.82, 2.24) is 0 Å². The van der Waals surface area contributed by atoms with E-state index in [0.29, 0.717) is 43.4 Å². The lowest BCUT2D eigenvalue weighted by Crippen LogP contribution is -2.12. The molecule has 46 heavy (non-hydrogen) atoms. The van der Waals surface area contributed by atoms with Crippen LogP contribution in [0.1, 0.15) is 21.5 Å². The SMILES string of the molecule is Cc1cc(O)c2c(=O)c3c(O)cc(O)c4c5c(OC(=O)c6ccccc6)cc(O)c6c(=O)c7c(O)cc(C)c8c1c2c(c34)c(c78)c65. The molecule has 0 heterocycles. The van der Waals surface area contributed by atoms with Crippen LogP contribution in [0, 0.1) is 13.8 Å². The Hall–Kier alpha value is -6.35. The zero-order valence-corrected chi connectivity index (χ0v) is 24.1. The summed E-state index contributed by atoms with van der Waals surface area (Å²) < 4.78 is 5.86.